The predicted octanol–water partition coefficient (Wildman–Crippen LogP) is 5.51. The highest BCUT2D eigenvalue weighted by Gasteiger charge is 2.54. The second-order valence-electron chi connectivity index (χ2n) is 9.92. The van der Waals surface area contributed by atoms with E-state index in [2.05, 4.69) is 10.6 Å². The summed E-state index contributed by atoms with van der Waals surface area (Å²) in [6.07, 6.45) is 6.99. The molecule has 2 amide bonds. The second-order valence-corrected chi connectivity index (χ2v) is 9.92. The van der Waals surface area contributed by atoms with Gasteiger partial charge in [0.2, 0.25) is 5.91 Å². The van der Waals surface area contributed by atoms with Gasteiger partial charge in [-0.15, -0.1) is 0 Å². The maximum Gasteiger partial charge on any atom is 0.259 e. The number of hydrogen-bond acceptors (Lipinski definition) is 3. The maximum absolute atomic E-state index is 13.4. The molecule has 2 aromatic rings. The van der Waals surface area contributed by atoms with Gasteiger partial charge in [-0.2, -0.15) is 0 Å². The van der Waals surface area contributed by atoms with Gasteiger partial charge in [0.05, 0.1) is 16.7 Å². The molecule has 30 heavy (non-hydrogen) atoms. The molecule has 0 saturated heterocycles. The van der Waals surface area contributed by atoms with E-state index in [0.717, 1.165) is 42.6 Å². The van der Waals surface area contributed by atoms with E-state index in [9.17, 15) is 9.59 Å². The fourth-order valence-corrected chi connectivity index (χ4v) is 6.67. The lowest BCUT2D eigenvalue weighted by Crippen LogP contribution is -2.51. The third kappa shape index (κ3) is 2.83. The predicted molar refractivity (Wildman–Crippen MR) is 115 cm³/mol. The lowest BCUT2D eigenvalue weighted by Gasteiger charge is -2.55. The summed E-state index contributed by atoms with van der Waals surface area (Å²) in [4.78, 5) is 26.2. The number of aryl methyl sites for hydroxylation is 1. The molecule has 0 radical (unpaired) electrons. The normalized spacial score (nSPS) is 30.6. The zero-order valence-corrected chi connectivity index (χ0v) is 17.2. The van der Waals surface area contributed by atoms with Crippen molar-refractivity contribution >= 4 is 23.2 Å². The SMILES string of the molecule is Cc1ccc2c(c1)NC(=O)c1cc(NC(=O)C34CC5CC(CC(C5)C3)C4)ccc1O2. The van der Waals surface area contributed by atoms with Crippen LogP contribution in [0.25, 0.3) is 0 Å². The first kappa shape index (κ1) is 18.0. The molecule has 2 N–H and O–H groups in total. The molecule has 0 aromatic heterocycles. The third-order valence-corrected chi connectivity index (χ3v) is 7.61. The average Bonchev–Trinajstić information content (AvgIpc) is 2.82. The molecule has 154 valence electrons. The van der Waals surface area contributed by atoms with E-state index < -0.39 is 0 Å². The van der Waals surface area contributed by atoms with Crippen molar-refractivity contribution in [3.63, 3.8) is 0 Å². The number of ether oxygens (including phenoxy) is 1. The second kappa shape index (κ2) is 6.34. The van der Waals surface area contributed by atoms with Crippen molar-refractivity contribution in [2.45, 2.75) is 45.4 Å². The largest absolute Gasteiger partial charge is 0.454 e. The van der Waals surface area contributed by atoms with Gasteiger partial charge in [0.15, 0.2) is 5.75 Å². The van der Waals surface area contributed by atoms with Crippen LogP contribution in [0, 0.1) is 30.1 Å². The van der Waals surface area contributed by atoms with Crippen LogP contribution in [0.15, 0.2) is 36.4 Å². The van der Waals surface area contributed by atoms with Crippen LogP contribution in [0.4, 0.5) is 11.4 Å². The number of nitrogens with one attached hydrogen (secondary N) is 2. The molecule has 4 fully saturated rings. The summed E-state index contributed by atoms with van der Waals surface area (Å²) < 4.78 is 5.99. The van der Waals surface area contributed by atoms with E-state index in [1.165, 1.54) is 19.3 Å². The topological polar surface area (TPSA) is 67.4 Å². The number of carbonyl (C=O) groups is 2. The van der Waals surface area contributed by atoms with Crippen LogP contribution < -0.4 is 15.4 Å². The Morgan fingerprint density at radius 1 is 1.00 bits per heavy atom. The Hall–Kier alpha value is -2.82. The summed E-state index contributed by atoms with van der Waals surface area (Å²) >= 11 is 0. The first-order valence-electron chi connectivity index (χ1n) is 11.0. The fraction of sp³-hybridized carbons (Fsp3) is 0.440. The molecule has 2 aromatic carbocycles. The Kier molecular flexibility index (Phi) is 3.80. The Labute approximate surface area is 176 Å². The van der Waals surface area contributed by atoms with Crippen molar-refractivity contribution in [3.8, 4) is 11.5 Å². The number of anilines is 2. The smallest absolute Gasteiger partial charge is 0.259 e. The molecule has 7 rings (SSSR count). The van der Waals surface area contributed by atoms with Gasteiger partial charge in [-0.25, -0.2) is 0 Å². The van der Waals surface area contributed by atoms with Gasteiger partial charge in [-0.05, 0) is 99.1 Å². The number of rotatable bonds is 2. The van der Waals surface area contributed by atoms with Gasteiger partial charge < -0.3 is 15.4 Å². The maximum atomic E-state index is 13.4. The average molecular weight is 402 g/mol. The lowest BCUT2D eigenvalue weighted by atomic mass is 9.49. The van der Waals surface area contributed by atoms with E-state index >= 15 is 0 Å². The Morgan fingerprint density at radius 2 is 1.67 bits per heavy atom. The zero-order chi connectivity index (χ0) is 20.5. The summed E-state index contributed by atoms with van der Waals surface area (Å²) in [6, 6.07) is 11.1. The van der Waals surface area contributed by atoms with E-state index in [4.69, 9.17) is 4.74 Å². The highest BCUT2D eigenvalue weighted by Crippen LogP contribution is 2.60. The van der Waals surface area contributed by atoms with Crippen molar-refractivity contribution in [1.29, 1.82) is 0 Å². The van der Waals surface area contributed by atoms with Crippen LogP contribution >= 0.6 is 0 Å². The minimum Gasteiger partial charge on any atom is -0.454 e. The molecule has 1 aliphatic heterocycles. The minimum atomic E-state index is -0.222. The van der Waals surface area contributed by atoms with Crippen LogP contribution in [0.2, 0.25) is 0 Å². The van der Waals surface area contributed by atoms with Crippen molar-refractivity contribution in [2.24, 2.45) is 23.2 Å². The first-order valence-corrected chi connectivity index (χ1v) is 11.0. The number of hydrogen-bond donors (Lipinski definition) is 2. The monoisotopic (exact) mass is 402 g/mol. The summed E-state index contributed by atoms with van der Waals surface area (Å²) in [6.45, 7) is 1.97. The third-order valence-electron chi connectivity index (χ3n) is 7.61. The highest BCUT2D eigenvalue weighted by molar-refractivity contribution is 6.09. The molecule has 0 unspecified atom stereocenters. The van der Waals surface area contributed by atoms with Gasteiger partial charge in [-0.3, -0.25) is 9.59 Å². The van der Waals surface area contributed by atoms with Crippen LogP contribution in [-0.4, -0.2) is 11.8 Å². The standard InChI is InChI=1S/C25H26N2O3/c1-14-2-4-22-20(6-14)27-23(28)19-10-18(3-5-21(19)30-22)26-24(29)25-11-15-7-16(12-25)9-17(8-15)13-25/h2-6,10,15-17H,7-9,11-13H2,1H3,(H,26,29)(H,27,28). The van der Waals surface area contributed by atoms with Gasteiger partial charge in [-0.1, -0.05) is 6.07 Å². The molecular formula is C25H26N2O3. The van der Waals surface area contributed by atoms with E-state index in [0.29, 0.717) is 28.4 Å². The quantitative estimate of drug-likeness (QED) is 0.696. The van der Waals surface area contributed by atoms with Gasteiger partial charge >= 0.3 is 0 Å². The molecule has 0 atom stereocenters. The van der Waals surface area contributed by atoms with Gasteiger partial charge in [0.1, 0.15) is 5.75 Å². The van der Waals surface area contributed by atoms with Gasteiger partial charge in [0.25, 0.3) is 5.91 Å². The molecule has 5 nitrogen and oxygen atoms in total. The molecule has 4 aliphatic carbocycles. The summed E-state index contributed by atoms with van der Waals surface area (Å²) in [5.74, 6) is 3.19. The molecule has 4 saturated carbocycles. The summed E-state index contributed by atoms with van der Waals surface area (Å²) in [7, 11) is 0. The molecule has 5 aliphatic rings. The summed E-state index contributed by atoms with van der Waals surface area (Å²) in [5, 5.41) is 6.08. The number of benzene rings is 2. The molecule has 0 spiro atoms. The molecule has 4 bridgehead atoms. The van der Waals surface area contributed by atoms with Crippen molar-refractivity contribution in [3.05, 3.63) is 47.5 Å². The van der Waals surface area contributed by atoms with Crippen LogP contribution in [-0.2, 0) is 4.79 Å². The number of carbonyl (C=O) groups excluding carboxylic acids is 2. The first-order chi connectivity index (χ1) is 14.5. The van der Waals surface area contributed by atoms with Crippen molar-refractivity contribution in [2.75, 3.05) is 10.6 Å². The van der Waals surface area contributed by atoms with Crippen LogP contribution in [0.3, 0.4) is 0 Å². The van der Waals surface area contributed by atoms with Crippen LogP contribution in [0.5, 0.6) is 11.5 Å². The Bertz CT molecular complexity index is 1040. The van der Waals surface area contributed by atoms with Gasteiger partial charge in [0, 0.05) is 5.69 Å². The number of amides is 2. The fourth-order valence-electron chi connectivity index (χ4n) is 6.67. The molecule has 5 heteroatoms. The van der Waals surface area contributed by atoms with Crippen molar-refractivity contribution < 1.29 is 14.3 Å². The van der Waals surface area contributed by atoms with Crippen LogP contribution in [0.1, 0.15) is 54.4 Å². The summed E-state index contributed by atoms with van der Waals surface area (Å²) in [5.41, 5.74) is 2.60. The minimum absolute atomic E-state index is 0.135. The Morgan fingerprint density at radius 3 is 2.37 bits per heavy atom. The zero-order valence-electron chi connectivity index (χ0n) is 17.2. The van der Waals surface area contributed by atoms with Crippen molar-refractivity contribution in [1.82, 2.24) is 0 Å². The molecular weight excluding hydrogens is 376 g/mol. The highest BCUT2D eigenvalue weighted by atomic mass is 16.5. The molecule has 1 heterocycles. The van der Waals surface area contributed by atoms with E-state index in [1.807, 2.05) is 31.2 Å². The lowest BCUT2D eigenvalue weighted by molar-refractivity contribution is -0.140. The van der Waals surface area contributed by atoms with E-state index in [1.54, 1.807) is 12.1 Å². The van der Waals surface area contributed by atoms with E-state index in [-0.39, 0.29) is 17.2 Å². The number of fused-ring (bicyclic) bond motifs is 2. The Balaban J connectivity index is 1.27.